The van der Waals surface area contributed by atoms with E-state index in [-0.39, 0.29) is 5.91 Å². The first kappa shape index (κ1) is 19.3. The second kappa shape index (κ2) is 10.0. The second-order valence-electron chi connectivity index (χ2n) is 5.25. The molecule has 2 rings (SSSR count). The molecule has 0 saturated carbocycles. The lowest BCUT2D eigenvalue weighted by atomic mass is 10.2. The summed E-state index contributed by atoms with van der Waals surface area (Å²) in [5.74, 6) is 1.72. The van der Waals surface area contributed by atoms with Crippen molar-refractivity contribution < 1.29 is 14.3 Å². The minimum Gasteiger partial charge on any atom is -0.496 e. The zero-order chi connectivity index (χ0) is 18.1. The van der Waals surface area contributed by atoms with E-state index in [0.29, 0.717) is 36.5 Å². The third kappa shape index (κ3) is 5.47. The van der Waals surface area contributed by atoms with E-state index in [1.54, 1.807) is 7.11 Å². The molecule has 0 atom stereocenters. The molecule has 0 aliphatic heterocycles. The highest BCUT2D eigenvalue weighted by atomic mass is 32.2. The number of benzene rings is 1. The Balaban J connectivity index is 1.90. The number of amides is 1. The zero-order valence-corrected chi connectivity index (χ0v) is 15.6. The van der Waals surface area contributed by atoms with Crippen molar-refractivity contribution in [1.29, 1.82) is 0 Å². The van der Waals surface area contributed by atoms with Gasteiger partial charge in [-0.25, -0.2) is 0 Å². The quantitative estimate of drug-likeness (QED) is 0.514. The lowest BCUT2D eigenvalue weighted by Gasteiger charge is -2.08. The SMILES string of the molecule is CCOCCCNC(=O)CSc1nnc(-c2ccccc2OC)n1C. The van der Waals surface area contributed by atoms with Crippen LogP contribution in [0, 0.1) is 0 Å². The molecule has 1 aromatic heterocycles. The summed E-state index contributed by atoms with van der Waals surface area (Å²) >= 11 is 1.36. The normalized spacial score (nSPS) is 10.7. The van der Waals surface area contributed by atoms with Crippen molar-refractivity contribution in [2.24, 2.45) is 7.05 Å². The molecule has 0 aliphatic rings. The van der Waals surface area contributed by atoms with Crippen LogP contribution in [0.5, 0.6) is 5.75 Å². The molecule has 0 unspecified atom stereocenters. The van der Waals surface area contributed by atoms with Gasteiger partial charge < -0.3 is 19.4 Å². The van der Waals surface area contributed by atoms with Crippen LogP contribution in [0.4, 0.5) is 0 Å². The first-order valence-electron chi connectivity index (χ1n) is 8.17. The highest BCUT2D eigenvalue weighted by Gasteiger charge is 2.15. The highest BCUT2D eigenvalue weighted by molar-refractivity contribution is 7.99. The number of para-hydroxylation sites is 1. The van der Waals surface area contributed by atoms with Gasteiger partial charge in [-0.2, -0.15) is 0 Å². The molecule has 1 aromatic carbocycles. The minimum atomic E-state index is -0.0247. The van der Waals surface area contributed by atoms with E-state index in [1.807, 2.05) is 42.8 Å². The fourth-order valence-electron chi connectivity index (χ4n) is 2.23. The number of carbonyl (C=O) groups is 1. The summed E-state index contributed by atoms with van der Waals surface area (Å²) in [6.07, 6.45) is 0.812. The van der Waals surface area contributed by atoms with Gasteiger partial charge in [0.2, 0.25) is 5.91 Å². The van der Waals surface area contributed by atoms with Crippen molar-refractivity contribution in [3.63, 3.8) is 0 Å². The van der Waals surface area contributed by atoms with E-state index in [1.165, 1.54) is 11.8 Å². The topological polar surface area (TPSA) is 78.3 Å². The van der Waals surface area contributed by atoms with Crippen LogP contribution in [-0.4, -0.2) is 53.3 Å². The molecule has 0 aliphatic carbocycles. The largest absolute Gasteiger partial charge is 0.496 e. The number of nitrogens with zero attached hydrogens (tertiary/aromatic N) is 3. The number of ether oxygens (including phenoxy) is 2. The number of hydrogen-bond acceptors (Lipinski definition) is 6. The predicted octanol–water partition coefficient (Wildman–Crippen LogP) is 2.13. The Hall–Kier alpha value is -2.06. The predicted molar refractivity (Wildman–Crippen MR) is 97.8 cm³/mol. The third-order valence-corrected chi connectivity index (χ3v) is 4.53. The Kier molecular flexibility index (Phi) is 7.75. The summed E-state index contributed by atoms with van der Waals surface area (Å²) in [5, 5.41) is 12.0. The molecule has 7 nitrogen and oxygen atoms in total. The number of rotatable bonds is 10. The third-order valence-electron chi connectivity index (χ3n) is 3.51. The molecule has 0 fully saturated rings. The molecule has 0 spiro atoms. The second-order valence-corrected chi connectivity index (χ2v) is 6.20. The van der Waals surface area contributed by atoms with Gasteiger partial charge in [0, 0.05) is 26.8 Å². The number of methoxy groups -OCH3 is 1. The van der Waals surface area contributed by atoms with E-state index in [0.717, 1.165) is 17.7 Å². The van der Waals surface area contributed by atoms with Crippen LogP contribution in [0.1, 0.15) is 13.3 Å². The van der Waals surface area contributed by atoms with Gasteiger partial charge in [-0.15, -0.1) is 10.2 Å². The maximum absolute atomic E-state index is 11.9. The fraction of sp³-hybridized carbons (Fsp3) is 0.471. The maximum Gasteiger partial charge on any atom is 0.230 e. The zero-order valence-electron chi connectivity index (χ0n) is 14.8. The fourth-order valence-corrected chi connectivity index (χ4v) is 2.97. The van der Waals surface area contributed by atoms with Crippen LogP contribution in [0.3, 0.4) is 0 Å². The van der Waals surface area contributed by atoms with Crippen molar-refractivity contribution >= 4 is 17.7 Å². The van der Waals surface area contributed by atoms with Gasteiger partial charge in [0.05, 0.1) is 18.4 Å². The Morgan fingerprint density at radius 1 is 1.32 bits per heavy atom. The number of nitrogens with one attached hydrogen (secondary N) is 1. The molecule has 2 aromatic rings. The summed E-state index contributed by atoms with van der Waals surface area (Å²) in [5.41, 5.74) is 0.868. The molecule has 0 radical (unpaired) electrons. The summed E-state index contributed by atoms with van der Waals surface area (Å²) in [6, 6.07) is 7.65. The molecular formula is C17H24N4O3S. The molecule has 1 N–H and O–H groups in total. The Bertz CT molecular complexity index is 690. The van der Waals surface area contributed by atoms with E-state index in [2.05, 4.69) is 15.5 Å². The number of carbonyl (C=O) groups excluding carboxylic acids is 1. The number of hydrogen-bond donors (Lipinski definition) is 1. The first-order valence-corrected chi connectivity index (χ1v) is 9.16. The summed E-state index contributed by atoms with van der Waals surface area (Å²) in [7, 11) is 3.50. The van der Waals surface area contributed by atoms with Crippen LogP contribution >= 0.6 is 11.8 Å². The average Bonchev–Trinajstić information content (AvgIpc) is 3.00. The van der Waals surface area contributed by atoms with Crippen molar-refractivity contribution in [3.8, 4) is 17.1 Å². The molecule has 136 valence electrons. The maximum atomic E-state index is 11.9. The van der Waals surface area contributed by atoms with Crippen LogP contribution in [0.2, 0.25) is 0 Å². The summed E-state index contributed by atoms with van der Waals surface area (Å²) in [4.78, 5) is 11.9. The minimum absolute atomic E-state index is 0.0247. The van der Waals surface area contributed by atoms with Crippen LogP contribution in [0.25, 0.3) is 11.4 Å². The molecule has 1 amide bonds. The highest BCUT2D eigenvalue weighted by Crippen LogP contribution is 2.29. The Morgan fingerprint density at radius 2 is 2.12 bits per heavy atom. The molecular weight excluding hydrogens is 340 g/mol. The van der Waals surface area contributed by atoms with Gasteiger partial charge in [0.25, 0.3) is 0 Å². The van der Waals surface area contributed by atoms with E-state index in [9.17, 15) is 4.79 Å². The Labute approximate surface area is 152 Å². The standard InChI is InChI=1S/C17H24N4O3S/c1-4-24-11-7-10-18-15(22)12-25-17-20-19-16(21(17)2)13-8-5-6-9-14(13)23-3/h5-6,8-9H,4,7,10-12H2,1-3H3,(H,18,22). The molecule has 25 heavy (non-hydrogen) atoms. The van der Waals surface area contributed by atoms with Gasteiger partial charge >= 0.3 is 0 Å². The number of aromatic nitrogens is 3. The van der Waals surface area contributed by atoms with Gasteiger partial charge in [-0.1, -0.05) is 23.9 Å². The molecule has 8 heteroatoms. The van der Waals surface area contributed by atoms with Crippen LogP contribution in [0.15, 0.2) is 29.4 Å². The summed E-state index contributed by atoms with van der Waals surface area (Å²) < 4.78 is 12.5. The summed E-state index contributed by atoms with van der Waals surface area (Å²) in [6.45, 7) is 3.93. The monoisotopic (exact) mass is 364 g/mol. The van der Waals surface area contributed by atoms with Crippen molar-refractivity contribution in [2.45, 2.75) is 18.5 Å². The first-order chi connectivity index (χ1) is 12.2. The van der Waals surface area contributed by atoms with Crippen LogP contribution < -0.4 is 10.1 Å². The lowest BCUT2D eigenvalue weighted by molar-refractivity contribution is -0.118. The van der Waals surface area contributed by atoms with E-state index >= 15 is 0 Å². The van der Waals surface area contributed by atoms with Crippen molar-refractivity contribution in [3.05, 3.63) is 24.3 Å². The molecule has 0 saturated heterocycles. The lowest BCUT2D eigenvalue weighted by Crippen LogP contribution is -2.27. The number of thioether (sulfide) groups is 1. The van der Waals surface area contributed by atoms with Gasteiger partial charge in [0.1, 0.15) is 5.75 Å². The van der Waals surface area contributed by atoms with Crippen molar-refractivity contribution in [1.82, 2.24) is 20.1 Å². The van der Waals surface area contributed by atoms with Gasteiger partial charge in [-0.3, -0.25) is 4.79 Å². The molecule has 1 heterocycles. The van der Waals surface area contributed by atoms with Crippen molar-refractivity contribution in [2.75, 3.05) is 32.6 Å². The van der Waals surface area contributed by atoms with Crippen LogP contribution in [-0.2, 0) is 16.6 Å². The van der Waals surface area contributed by atoms with E-state index < -0.39 is 0 Å². The van der Waals surface area contributed by atoms with Gasteiger partial charge in [-0.05, 0) is 25.5 Å². The van der Waals surface area contributed by atoms with Gasteiger partial charge in [0.15, 0.2) is 11.0 Å². The molecule has 0 bridgehead atoms. The van der Waals surface area contributed by atoms with E-state index in [4.69, 9.17) is 9.47 Å². The Morgan fingerprint density at radius 3 is 2.88 bits per heavy atom. The average molecular weight is 364 g/mol. The smallest absolute Gasteiger partial charge is 0.230 e.